The molecule has 1 aromatic carbocycles. The second-order valence-corrected chi connectivity index (χ2v) is 4.87. The van der Waals surface area contributed by atoms with E-state index in [-0.39, 0.29) is 5.69 Å². The van der Waals surface area contributed by atoms with Crippen LogP contribution in [0.5, 0.6) is 0 Å². The van der Waals surface area contributed by atoms with Gasteiger partial charge in [-0.25, -0.2) is 9.37 Å². The molecule has 2 aromatic rings. The highest BCUT2D eigenvalue weighted by molar-refractivity contribution is 9.10. The fourth-order valence-electron chi connectivity index (χ4n) is 1.62. The van der Waals surface area contributed by atoms with E-state index in [2.05, 4.69) is 31.5 Å². The van der Waals surface area contributed by atoms with E-state index in [1.807, 2.05) is 6.92 Å². The molecule has 0 saturated carbocycles. The van der Waals surface area contributed by atoms with Gasteiger partial charge in [-0.3, -0.25) is 4.79 Å². The average Bonchev–Trinajstić information content (AvgIpc) is 2.44. The number of nitrogens with one attached hydrogen (secondary N) is 2. The fourth-order valence-corrected chi connectivity index (χ4v) is 2.06. The van der Waals surface area contributed by atoms with Crippen LogP contribution in [-0.4, -0.2) is 17.4 Å². The Labute approximate surface area is 124 Å². The fraction of sp³-hybridized carbons (Fsp3) is 0.143. The minimum atomic E-state index is -0.495. The average molecular weight is 338 g/mol. The molecule has 0 radical (unpaired) electrons. The molecule has 4 nitrogen and oxygen atoms in total. The van der Waals surface area contributed by atoms with Gasteiger partial charge in [0.05, 0.1) is 11.3 Å². The van der Waals surface area contributed by atoms with Crippen molar-refractivity contribution in [3.8, 4) is 0 Å². The number of hydrogen-bond acceptors (Lipinski definition) is 3. The summed E-state index contributed by atoms with van der Waals surface area (Å²) in [6.07, 6.45) is 1.45. The topological polar surface area (TPSA) is 54.0 Å². The van der Waals surface area contributed by atoms with Crippen LogP contribution in [0.2, 0.25) is 0 Å². The van der Waals surface area contributed by atoms with Gasteiger partial charge in [0.15, 0.2) is 0 Å². The Morgan fingerprint density at radius 2 is 2.15 bits per heavy atom. The summed E-state index contributed by atoms with van der Waals surface area (Å²) >= 11 is 3.20. The standard InChI is InChI=1S/C14H13BrFN3O/c1-2-17-12-7-6-9(8-18-12)14(20)19-13-10(15)4-3-5-11(13)16/h3-8H,2H2,1H3,(H,17,18)(H,19,20). The molecule has 0 bridgehead atoms. The highest BCUT2D eigenvalue weighted by Crippen LogP contribution is 2.25. The molecule has 0 unspecified atom stereocenters. The molecular weight excluding hydrogens is 325 g/mol. The highest BCUT2D eigenvalue weighted by atomic mass is 79.9. The Kier molecular flexibility index (Phi) is 4.68. The van der Waals surface area contributed by atoms with Crippen molar-refractivity contribution in [2.45, 2.75) is 6.92 Å². The zero-order valence-corrected chi connectivity index (χ0v) is 12.4. The molecule has 0 atom stereocenters. The molecule has 0 fully saturated rings. The summed E-state index contributed by atoms with van der Waals surface area (Å²) in [7, 11) is 0. The number of anilines is 2. The Morgan fingerprint density at radius 3 is 2.75 bits per heavy atom. The molecule has 1 amide bonds. The van der Waals surface area contributed by atoms with Crippen LogP contribution in [0.1, 0.15) is 17.3 Å². The van der Waals surface area contributed by atoms with E-state index >= 15 is 0 Å². The minimum Gasteiger partial charge on any atom is -0.370 e. The number of benzene rings is 1. The first kappa shape index (κ1) is 14.5. The van der Waals surface area contributed by atoms with Crippen LogP contribution in [0.15, 0.2) is 41.0 Å². The second kappa shape index (κ2) is 6.47. The molecule has 0 aliphatic carbocycles. The third-order valence-electron chi connectivity index (χ3n) is 2.58. The first-order chi connectivity index (χ1) is 9.61. The molecule has 0 spiro atoms. The minimum absolute atomic E-state index is 0.119. The van der Waals surface area contributed by atoms with Crippen molar-refractivity contribution >= 4 is 33.3 Å². The lowest BCUT2D eigenvalue weighted by Gasteiger charge is -2.09. The van der Waals surface area contributed by atoms with Gasteiger partial charge in [-0.15, -0.1) is 0 Å². The zero-order valence-electron chi connectivity index (χ0n) is 10.8. The Balaban J connectivity index is 2.16. The van der Waals surface area contributed by atoms with Crippen molar-refractivity contribution in [1.29, 1.82) is 0 Å². The summed E-state index contributed by atoms with van der Waals surface area (Å²) in [5, 5.41) is 5.56. The smallest absolute Gasteiger partial charge is 0.257 e. The maximum atomic E-state index is 13.6. The number of nitrogens with zero attached hydrogens (tertiary/aromatic N) is 1. The molecule has 20 heavy (non-hydrogen) atoms. The Morgan fingerprint density at radius 1 is 1.35 bits per heavy atom. The van der Waals surface area contributed by atoms with Gasteiger partial charge in [-0.1, -0.05) is 6.07 Å². The summed E-state index contributed by atoms with van der Waals surface area (Å²) < 4.78 is 14.1. The van der Waals surface area contributed by atoms with Gasteiger partial charge in [0.25, 0.3) is 5.91 Å². The predicted octanol–water partition coefficient (Wildman–Crippen LogP) is 3.67. The van der Waals surface area contributed by atoms with Crippen LogP contribution in [-0.2, 0) is 0 Å². The summed E-state index contributed by atoms with van der Waals surface area (Å²) in [5.41, 5.74) is 0.482. The van der Waals surface area contributed by atoms with Crippen molar-refractivity contribution in [2.24, 2.45) is 0 Å². The van der Waals surface area contributed by atoms with Crippen LogP contribution in [0.25, 0.3) is 0 Å². The summed E-state index contributed by atoms with van der Waals surface area (Å²) in [6, 6.07) is 7.84. The Hall–Kier alpha value is -1.95. The maximum absolute atomic E-state index is 13.6. The number of carbonyl (C=O) groups is 1. The van der Waals surface area contributed by atoms with Gasteiger partial charge in [0.1, 0.15) is 11.6 Å². The third kappa shape index (κ3) is 3.33. The van der Waals surface area contributed by atoms with Gasteiger partial charge in [-0.2, -0.15) is 0 Å². The number of para-hydroxylation sites is 1. The van der Waals surface area contributed by atoms with E-state index in [1.54, 1.807) is 24.3 Å². The monoisotopic (exact) mass is 337 g/mol. The van der Waals surface area contributed by atoms with Crippen molar-refractivity contribution in [2.75, 3.05) is 17.2 Å². The van der Waals surface area contributed by atoms with Crippen LogP contribution in [0.4, 0.5) is 15.9 Å². The summed E-state index contributed by atoms with van der Waals surface area (Å²) in [6.45, 7) is 2.71. The second-order valence-electron chi connectivity index (χ2n) is 4.01. The number of carbonyl (C=O) groups excluding carboxylic acids is 1. The molecule has 1 heterocycles. The van der Waals surface area contributed by atoms with Gasteiger partial charge in [-0.05, 0) is 47.1 Å². The molecule has 0 saturated heterocycles. The first-order valence-corrected chi connectivity index (χ1v) is 6.86. The molecule has 2 rings (SSSR count). The van der Waals surface area contributed by atoms with Crippen LogP contribution < -0.4 is 10.6 Å². The summed E-state index contributed by atoms with van der Waals surface area (Å²) in [4.78, 5) is 16.1. The van der Waals surface area contributed by atoms with Crippen LogP contribution in [0, 0.1) is 5.82 Å². The number of rotatable bonds is 4. The normalized spacial score (nSPS) is 10.2. The van der Waals surface area contributed by atoms with Crippen molar-refractivity contribution < 1.29 is 9.18 Å². The largest absolute Gasteiger partial charge is 0.370 e. The number of hydrogen-bond donors (Lipinski definition) is 2. The molecule has 2 N–H and O–H groups in total. The quantitative estimate of drug-likeness (QED) is 0.894. The van der Waals surface area contributed by atoms with Crippen molar-refractivity contribution in [3.05, 3.63) is 52.4 Å². The number of aromatic nitrogens is 1. The van der Waals surface area contributed by atoms with Crippen LogP contribution >= 0.6 is 15.9 Å². The Bertz CT molecular complexity index is 596. The molecule has 0 aliphatic rings. The van der Waals surface area contributed by atoms with Gasteiger partial charge in [0, 0.05) is 17.2 Å². The number of amides is 1. The molecule has 6 heteroatoms. The lowest BCUT2D eigenvalue weighted by atomic mass is 10.2. The molecule has 104 valence electrons. The SMILES string of the molecule is CCNc1ccc(C(=O)Nc2c(F)cccc2Br)cn1. The first-order valence-electron chi connectivity index (χ1n) is 6.07. The van der Waals surface area contributed by atoms with Crippen molar-refractivity contribution in [1.82, 2.24) is 4.98 Å². The lowest BCUT2D eigenvalue weighted by molar-refractivity contribution is 0.102. The lowest BCUT2D eigenvalue weighted by Crippen LogP contribution is -2.14. The third-order valence-corrected chi connectivity index (χ3v) is 3.25. The summed E-state index contributed by atoms with van der Waals surface area (Å²) in [5.74, 6) is -0.215. The molecule has 0 aliphatic heterocycles. The zero-order chi connectivity index (χ0) is 14.5. The van der Waals surface area contributed by atoms with Gasteiger partial charge >= 0.3 is 0 Å². The van der Waals surface area contributed by atoms with Crippen LogP contribution in [0.3, 0.4) is 0 Å². The number of halogens is 2. The highest BCUT2D eigenvalue weighted by Gasteiger charge is 2.12. The predicted molar refractivity (Wildman–Crippen MR) is 80.5 cm³/mol. The van der Waals surface area contributed by atoms with Crippen molar-refractivity contribution in [3.63, 3.8) is 0 Å². The van der Waals surface area contributed by atoms with E-state index in [1.165, 1.54) is 12.3 Å². The van der Waals surface area contributed by atoms with E-state index in [0.717, 1.165) is 6.54 Å². The van der Waals surface area contributed by atoms with E-state index in [9.17, 15) is 9.18 Å². The maximum Gasteiger partial charge on any atom is 0.257 e. The van der Waals surface area contributed by atoms with Gasteiger partial charge < -0.3 is 10.6 Å². The number of pyridine rings is 1. The van der Waals surface area contributed by atoms with E-state index in [0.29, 0.717) is 15.9 Å². The van der Waals surface area contributed by atoms with E-state index < -0.39 is 11.7 Å². The van der Waals surface area contributed by atoms with Gasteiger partial charge in [0.2, 0.25) is 0 Å². The molecule has 1 aromatic heterocycles. The molecular formula is C14H13BrFN3O. The van der Waals surface area contributed by atoms with E-state index in [4.69, 9.17) is 0 Å².